The Hall–Kier alpha value is -0.560. The van der Waals surface area contributed by atoms with Gasteiger partial charge < -0.3 is 5.11 Å². The predicted molar refractivity (Wildman–Crippen MR) is 54.1 cm³/mol. The van der Waals surface area contributed by atoms with Crippen LogP contribution in [0.5, 0.6) is 0 Å². The van der Waals surface area contributed by atoms with Crippen molar-refractivity contribution in [3.8, 4) is 0 Å². The highest BCUT2D eigenvalue weighted by Crippen LogP contribution is 2.24. The highest BCUT2D eigenvalue weighted by molar-refractivity contribution is 5.04. The third-order valence-corrected chi connectivity index (χ3v) is 1.46. The van der Waals surface area contributed by atoms with Gasteiger partial charge in [-0.3, -0.25) is 0 Å². The lowest BCUT2D eigenvalue weighted by atomic mass is 9.87. The molecule has 12 heavy (non-hydrogen) atoms. The second kappa shape index (κ2) is 5.15. The minimum atomic E-state index is 0.128. The third-order valence-electron chi connectivity index (χ3n) is 1.46. The quantitative estimate of drug-likeness (QED) is 0.640. The molecule has 0 saturated carbocycles. The van der Waals surface area contributed by atoms with E-state index in [4.69, 9.17) is 5.11 Å². The summed E-state index contributed by atoms with van der Waals surface area (Å²) in [7, 11) is 0. The average molecular weight is 168 g/mol. The van der Waals surface area contributed by atoms with Gasteiger partial charge in [-0.2, -0.15) is 0 Å². The van der Waals surface area contributed by atoms with Crippen LogP contribution < -0.4 is 0 Å². The van der Waals surface area contributed by atoms with E-state index in [1.165, 1.54) is 5.57 Å². The Balaban J connectivity index is 3.68. The van der Waals surface area contributed by atoms with Crippen molar-refractivity contribution in [1.82, 2.24) is 0 Å². The van der Waals surface area contributed by atoms with E-state index in [0.717, 1.165) is 12.8 Å². The molecule has 0 aromatic carbocycles. The van der Waals surface area contributed by atoms with Crippen LogP contribution in [0.4, 0.5) is 0 Å². The molecule has 0 aliphatic heterocycles. The van der Waals surface area contributed by atoms with E-state index in [0.29, 0.717) is 5.41 Å². The number of hydrogen-bond acceptors (Lipinski definition) is 1. The van der Waals surface area contributed by atoms with Crippen molar-refractivity contribution in [3.63, 3.8) is 0 Å². The van der Waals surface area contributed by atoms with Gasteiger partial charge in [-0.15, -0.1) is 0 Å². The summed E-state index contributed by atoms with van der Waals surface area (Å²) in [6, 6.07) is 0. The number of rotatable bonds is 4. The van der Waals surface area contributed by atoms with Gasteiger partial charge in [0.1, 0.15) is 0 Å². The summed E-state index contributed by atoms with van der Waals surface area (Å²) in [5, 5.41) is 8.50. The van der Waals surface area contributed by atoms with E-state index < -0.39 is 0 Å². The Kier molecular flexibility index (Phi) is 4.91. The van der Waals surface area contributed by atoms with Crippen molar-refractivity contribution >= 4 is 0 Å². The smallest absolute Gasteiger partial charge is 0.0612 e. The molecule has 0 aliphatic rings. The molecule has 0 rings (SSSR count). The summed E-state index contributed by atoms with van der Waals surface area (Å²) >= 11 is 0. The fourth-order valence-electron chi connectivity index (χ4n) is 1.15. The molecule has 0 saturated heterocycles. The molecular weight excluding hydrogens is 148 g/mol. The second-order valence-corrected chi connectivity index (χ2v) is 4.35. The van der Waals surface area contributed by atoms with Crippen LogP contribution in [0.25, 0.3) is 0 Å². The van der Waals surface area contributed by atoms with Gasteiger partial charge in [-0.25, -0.2) is 0 Å². The summed E-state index contributed by atoms with van der Waals surface area (Å²) in [4.78, 5) is 0. The highest BCUT2D eigenvalue weighted by atomic mass is 16.2. The van der Waals surface area contributed by atoms with Crippen LogP contribution in [0.15, 0.2) is 24.3 Å². The number of aliphatic hydroxyl groups excluding tert-OH is 1. The SMILES string of the molecule is C=C(C/C=C/CO)CC(C)(C)C. The van der Waals surface area contributed by atoms with Gasteiger partial charge in [-0.1, -0.05) is 45.1 Å². The first-order valence-electron chi connectivity index (χ1n) is 4.38. The summed E-state index contributed by atoms with van der Waals surface area (Å²) in [5.74, 6) is 0. The minimum absolute atomic E-state index is 0.128. The fraction of sp³-hybridized carbons (Fsp3) is 0.636. The maximum atomic E-state index is 8.50. The Morgan fingerprint density at radius 3 is 2.33 bits per heavy atom. The summed E-state index contributed by atoms with van der Waals surface area (Å²) in [6.45, 7) is 10.7. The largest absolute Gasteiger partial charge is 0.392 e. The molecule has 0 aromatic heterocycles. The van der Waals surface area contributed by atoms with Crippen molar-refractivity contribution in [2.24, 2.45) is 5.41 Å². The summed E-state index contributed by atoms with van der Waals surface area (Å²) < 4.78 is 0. The van der Waals surface area contributed by atoms with Crippen molar-refractivity contribution in [2.75, 3.05) is 6.61 Å². The first kappa shape index (κ1) is 11.4. The van der Waals surface area contributed by atoms with Crippen molar-refractivity contribution in [1.29, 1.82) is 0 Å². The standard InChI is InChI=1S/C11H20O/c1-10(7-5-6-8-12)9-11(2,3)4/h5-6,12H,1,7-9H2,2-4H3/b6-5+. The first-order valence-corrected chi connectivity index (χ1v) is 4.38. The maximum absolute atomic E-state index is 8.50. The molecule has 0 spiro atoms. The number of hydrogen-bond donors (Lipinski definition) is 1. The lowest BCUT2D eigenvalue weighted by molar-refractivity contribution is 0.342. The zero-order valence-electron chi connectivity index (χ0n) is 8.43. The van der Waals surface area contributed by atoms with Crippen LogP contribution in [0.3, 0.4) is 0 Å². The predicted octanol–water partition coefficient (Wildman–Crippen LogP) is 2.92. The molecule has 1 nitrogen and oxygen atoms in total. The van der Waals surface area contributed by atoms with Gasteiger partial charge in [-0.05, 0) is 18.3 Å². The normalized spacial score (nSPS) is 12.3. The summed E-state index contributed by atoms with van der Waals surface area (Å²) in [6.07, 6.45) is 5.66. The molecule has 0 unspecified atom stereocenters. The molecule has 0 aromatic rings. The van der Waals surface area contributed by atoms with Crippen LogP contribution in [-0.4, -0.2) is 11.7 Å². The van der Waals surface area contributed by atoms with Crippen molar-refractivity contribution in [2.45, 2.75) is 33.6 Å². The maximum Gasteiger partial charge on any atom is 0.0612 e. The molecule has 0 aliphatic carbocycles. The summed E-state index contributed by atoms with van der Waals surface area (Å²) in [5.41, 5.74) is 1.55. The Bertz CT molecular complexity index is 160. The van der Waals surface area contributed by atoms with E-state index in [1.54, 1.807) is 6.08 Å². The zero-order valence-corrected chi connectivity index (χ0v) is 8.43. The number of aliphatic hydroxyl groups is 1. The van der Waals surface area contributed by atoms with Gasteiger partial charge in [0.2, 0.25) is 0 Å². The zero-order chi connectivity index (χ0) is 9.61. The minimum Gasteiger partial charge on any atom is -0.392 e. The molecule has 0 radical (unpaired) electrons. The molecule has 70 valence electrons. The van der Waals surface area contributed by atoms with Crippen LogP contribution in [0.1, 0.15) is 33.6 Å². The van der Waals surface area contributed by atoms with Gasteiger partial charge >= 0.3 is 0 Å². The number of allylic oxidation sites excluding steroid dienone is 2. The van der Waals surface area contributed by atoms with Gasteiger partial charge in [0.25, 0.3) is 0 Å². The van der Waals surface area contributed by atoms with Crippen molar-refractivity contribution in [3.05, 3.63) is 24.3 Å². The van der Waals surface area contributed by atoms with Gasteiger partial charge in [0.15, 0.2) is 0 Å². The van der Waals surface area contributed by atoms with E-state index in [9.17, 15) is 0 Å². The Labute approximate surface area is 75.8 Å². The molecule has 1 N–H and O–H groups in total. The Morgan fingerprint density at radius 1 is 1.33 bits per heavy atom. The lowest BCUT2D eigenvalue weighted by Gasteiger charge is -2.18. The van der Waals surface area contributed by atoms with E-state index >= 15 is 0 Å². The molecule has 0 fully saturated rings. The highest BCUT2D eigenvalue weighted by Gasteiger charge is 2.10. The topological polar surface area (TPSA) is 20.2 Å². The molecule has 0 amide bonds. The van der Waals surface area contributed by atoms with Crippen LogP contribution in [0.2, 0.25) is 0 Å². The van der Waals surface area contributed by atoms with Crippen LogP contribution in [0, 0.1) is 5.41 Å². The molecular formula is C11H20O. The fourth-order valence-corrected chi connectivity index (χ4v) is 1.15. The average Bonchev–Trinajstić information content (AvgIpc) is 1.84. The molecule has 0 atom stereocenters. The van der Waals surface area contributed by atoms with Crippen molar-refractivity contribution < 1.29 is 5.11 Å². The monoisotopic (exact) mass is 168 g/mol. The lowest BCUT2D eigenvalue weighted by Crippen LogP contribution is -2.05. The molecule has 0 heterocycles. The molecule has 0 bridgehead atoms. The Morgan fingerprint density at radius 2 is 1.92 bits per heavy atom. The first-order chi connectivity index (χ1) is 5.45. The third kappa shape index (κ3) is 7.55. The second-order valence-electron chi connectivity index (χ2n) is 4.35. The van der Waals surface area contributed by atoms with Gasteiger partial charge in [0, 0.05) is 0 Å². The van der Waals surface area contributed by atoms with E-state index in [1.807, 2.05) is 6.08 Å². The molecule has 1 heteroatoms. The van der Waals surface area contributed by atoms with E-state index in [-0.39, 0.29) is 6.61 Å². The van der Waals surface area contributed by atoms with Crippen LogP contribution >= 0.6 is 0 Å². The van der Waals surface area contributed by atoms with Crippen LogP contribution in [-0.2, 0) is 0 Å². The van der Waals surface area contributed by atoms with Gasteiger partial charge in [0.05, 0.1) is 6.61 Å². The van der Waals surface area contributed by atoms with E-state index in [2.05, 4.69) is 27.4 Å².